The van der Waals surface area contributed by atoms with Crippen molar-refractivity contribution in [3.8, 4) is 11.1 Å². The van der Waals surface area contributed by atoms with Crippen molar-refractivity contribution >= 4 is 11.0 Å². The van der Waals surface area contributed by atoms with E-state index in [1.165, 1.54) is 5.56 Å². The topological polar surface area (TPSA) is 48.9 Å². The van der Waals surface area contributed by atoms with Crippen LogP contribution in [-0.2, 0) is 12.8 Å². The van der Waals surface area contributed by atoms with Crippen molar-refractivity contribution in [1.29, 1.82) is 0 Å². The number of nitrogens with one attached hydrogen (secondary N) is 1. The zero-order valence-electron chi connectivity index (χ0n) is 14.8. The third-order valence-electron chi connectivity index (χ3n) is 4.75. The molecule has 1 heterocycles. The van der Waals surface area contributed by atoms with Gasteiger partial charge in [-0.15, -0.1) is 0 Å². The highest BCUT2D eigenvalue weighted by atomic mass is 16.3. The molecule has 3 nitrogen and oxygen atoms in total. The molecule has 4 aromatic rings. The molecule has 0 bridgehead atoms. The van der Waals surface area contributed by atoms with Crippen LogP contribution >= 0.6 is 0 Å². The quantitative estimate of drug-likeness (QED) is 0.532. The molecule has 0 saturated heterocycles. The first-order valence-corrected chi connectivity index (χ1v) is 9.00. The van der Waals surface area contributed by atoms with Gasteiger partial charge >= 0.3 is 0 Å². The van der Waals surface area contributed by atoms with E-state index in [0.29, 0.717) is 0 Å². The van der Waals surface area contributed by atoms with Crippen molar-refractivity contribution in [1.82, 2.24) is 9.97 Å². The standard InChI is InChI=1S/C23H22N2O/c1-16(26)19-9-5-6-10-20(19)18-12-13-21-22(15-18)25-23(24-21)14-11-17-7-3-2-4-8-17/h2-10,12-13,15-16,26H,11,14H2,1H3,(H,24,25). The molecular formula is C23H22N2O. The molecule has 0 spiro atoms. The minimum atomic E-state index is -0.495. The van der Waals surface area contributed by atoms with Crippen LogP contribution in [0.5, 0.6) is 0 Å². The lowest BCUT2D eigenvalue weighted by Gasteiger charge is -2.11. The zero-order valence-corrected chi connectivity index (χ0v) is 14.8. The monoisotopic (exact) mass is 342 g/mol. The van der Waals surface area contributed by atoms with Crippen LogP contribution in [0.4, 0.5) is 0 Å². The van der Waals surface area contributed by atoms with Crippen LogP contribution in [0.1, 0.15) is 30.0 Å². The van der Waals surface area contributed by atoms with Gasteiger partial charge in [0.15, 0.2) is 0 Å². The van der Waals surface area contributed by atoms with Gasteiger partial charge in [0.25, 0.3) is 0 Å². The zero-order chi connectivity index (χ0) is 17.9. The summed E-state index contributed by atoms with van der Waals surface area (Å²) in [6.07, 6.45) is 1.36. The Bertz CT molecular complexity index is 1020. The van der Waals surface area contributed by atoms with E-state index < -0.39 is 6.10 Å². The molecule has 0 aliphatic heterocycles. The summed E-state index contributed by atoms with van der Waals surface area (Å²) in [5, 5.41) is 10.0. The van der Waals surface area contributed by atoms with Crippen molar-refractivity contribution < 1.29 is 5.11 Å². The number of aliphatic hydroxyl groups excluding tert-OH is 1. The number of hydrogen-bond donors (Lipinski definition) is 2. The Morgan fingerprint density at radius 3 is 2.50 bits per heavy atom. The van der Waals surface area contributed by atoms with Crippen molar-refractivity contribution in [3.63, 3.8) is 0 Å². The van der Waals surface area contributed by atoms with Gasteiger partial charge < -0.3 is 10.1 Å². The Morgan fingerprint density at radius 2 is 1.69 bits per heavy atom. The number of nitrogens with zero attached hydrogens (tertiary/aromatic N) is 1. The number of rotatable bonds is 5. The largest absolute Gasteiger partial charge is 0.389 e. The van der Waals surface area contributed by atoms with Gasteiger partial charge in [-0.25, -0.2) is 4.98 Å². The smallest absolute Gasteiger partial charge is 0.107 e. The molecule has 3 aromatic carbocycles. The van der Waals surface area contributed by atoms with E-state index in [1.807, 2.05) is 30.3 Å². The van der Waals surface area contributed by atoms with Gasteiger partial charge in [-0.05, 0) is 47.7 Å². The Kier molecular flexibility index (Phi) is 4.55. The first-order valence-electron chi connectivity index (χ1n) is 9.00. The van der Waals surface area contributed by atoms with Crippen molar-refractivity contribution in [2.24, 2.45) is 0 Å². The molecule has 0 saturated carbocycles. The fourth-order valence-corrected chi connectivity index (χ4v) is 3.38. The number of aromatic amines is 1. The Balaban J connectivity index is 1.62. The number of H-pyrrole nitrogens is 1. The van der Waals surface area contributed by atoms with Crippen LogP contribution in [-0.4, -0.2) is 15.1 Å². The highest BCUT2D eigenvalue weighted by Gasteiger charge is 2.11. The molecule has 1 atom stereocenters. The van der Waals surface area contributed by atoms with Crippen LogP contribution in [0.2, 0.25) is 0 Å². The second-order valence-corrected chi connectivity index (χ2v) is 6.66. The number of fused-ring (bicyclic) bond motifs is 1. The highest BCUT2D eigenvalue weighted by molar-refractivity contribution is 5.83. The van der Waals surface area contributed by atoms with Gasteiger partial charge in [0.2, 0.25) is 0 Å². The number of aliphatic hydroxyl groups is 1. The minimum Gasteiger partial charge on any atom is -0.389 e. The van der Waals surface area contributed by atoms with Gasteiger partial charge in [-0.3, -0.25) is 0 Å². The summed E-state index contributed by atoms with van der Waals surface area (Å²) in [6.45, 7) is 1.80. The van der Waals surface area contributed by atoms with Crippen LogP contribution in [0.15, 0.2) is 72.8 Å². The van der Waals surface area contributed by atoms with Crippen molar-refractivity contribution in [3.05, 3.63) is 89.7 Å². The maximum atomic E-state index is 10.0. The normalized spacial score (nSPS) is 12.4. The van der Waals surface area contributed by atoms with E-state index in [9.17, 15) is 5.11 Å². The third-order valence-corrected chi connectivity index (χ3v) is 4.75. The molecule has 1 aromatic heterocycles. The second kappa shape index (κ2) is 7.14. The predicted molar refractivity (Wildman–Crippen MR) is 106 cm³/mol. The molecule has 0 aliphatic rings. The van der Waals surface area contributed by atoms with E-state index in [0.717, 1.165) is 46.4 Å². The van der Waals surface area contributed by atoms with Crippen LogP contribution in [0.25, 0.3) is 22.2 Å². The SMILES string of the molecule is CC(O)c1ccccc1-c1ccc2nc(CCc3ccccc3)[nH]c2c1. The summed E-state index contributed by atoms with van der Waals surface area (Å²) in [4.78, 5) is 8.17. The highest BCUT2D eigenvalue weighted by Crippen LogP contribution is 2.30. The van der Waals surface area contributed by atoms with Gasteiger partial charge in [0, 0.05) is 6.42 Å². The van der Waals surface area contributed by atoms with E-state index in [2.05, 4.69) is 47.4 Å². The summed E-state index contributed by atoms with van der Waals surface area (Å²) < 4.78 is 0. The maximum absolute atomic E-state index is 10.0. The van der Waals surface area contributed by atoms with Crippen LogP contribution in [0, 0.1) is 0 Å². The molecular weight excluding hydrogens is 320 g/mol. The van der Waals surface area contributed by atoms with Crippen LogP contribution in [0.3, 0.4) is 0 Å². The van der Waals surface area contributed by atoms with E-state index >= 15 is 0 Å². The minimum absolute atomic E-state index is 0.495. The Morgan fingerprint density at radius 1 is 0.923 bits per heavy atom. The predicted octanol–water partition coefficient (Wildman–Crippen LogP) is 5.07. The number of benzene rings is 3. The average molecular weight is 342 g/mol. The maximum Gasteiger partial charge on any atom is 0.107 e. The summed E-state index contributed by atoms with van der Waals surface area (Å²) in [5.41, 5.74) is 6.42. The molecule has 2 N–H and O–H groups in total. The fraction of sp³-hybridized carbons (Fsp3) is 0.174. The molecule has 130 valence electrons. The van der Waals surface area contributed by atoms with Gasteiger partial charge in [-0.2, -0.15) is 0 Å². The number of aryl methyl sites for hydroxylation is 2. The average Bonchev–Trinajstić information content (AvgIpc) is 3.09. The fourth-order valence-electron chi connectivity index (χ4n) is 3.38. The Hall–Kier alpha value is -2.91. The summed E-state index contributed by atoms with van der Waals surface area (Å²) >= 11 is 0. The lowest BCUT2D eigenvalue weighted by atomic mass is 9.96. The lowest BCUT2D eigenvalue weighted by Crippen LogP contribution is -1.94. The van der Waals surface area contributed by atoms with Crippen LogP contribution < -0.4 is 0 Å². The molecule has 1 unspecified atom stereocenters. The number of imidazole rings is 1. The molecule has 26 heavy (non-hydrogen) atoms. The van der Waals surface area contributed by atoms with E-state index in [-0.39, 0.29) is 0 Å². The van der Waals surface area contributed by atoms with E-state index in [1.54, 1.807) is 6.92 Å². The van der Waals surface area contributed by atoms with Gasteiger partial charge in [-0.1, -0.05) is 60.7 Å². The molecule has 3 heteroatoms. The molecule has 4 rings (SSSR count). The number of aromatic nitrogens is 2. The summed E-state index contributed by atoms with van der Waals surface area (Å²) in [6, 6.07) is 24.7. The Labute approximate surface area is 153 Å². The summed E-state index contributed by atoms with van der Waals surface area (Å²) in [7, 11) is 0. The second-order valence-electron chi connectivity index (χ2n) is 6.66. The molecule has 0 fully saturated rings. The first kappa shape index (κ1) is 16.6. The molecule has 0 aliphatic carbocycles. The molecule has 0 radical (unpaired) electrons. The van der Waals surface area contributed by atoms with E-state index in [4.69, 9.17) is 4.98 Å². The molecule has 0 amide bonds. The number of hydrogen-bond acceptors (Lipinski definition) is 2. The van der Waals surface area contributed by atoms with Crippen molar-refractivity contribution in [2.45, 2.75) is 25.9 Å². The lowest BCUT2D eigenvalue weighted by molar-refractivity contribution is 0.200. The first-order chi connectivity index (χ1) is 12.7. The van der Waals surface area contributed by atoms with Gasteiger partial charge in [0.05, 0.1) is 17.1 Å². The van der Waals surface area contributed by atoms with Gasteiger partial charge in [0.1, 0.15) is 5.82 Å². The van der Waals surface area contributed by atoms with Crippen molar-refractivity contribution in [2.75, 3.05) is 0 Å². The third kappa shape index (κ3) is 3.39. The summed E-state index contributed by atoms with van der Waals surface area (Å²) in [5.74, 6) is 1.00.